The molecule has 0 saturated heterocycles. The molecule has 0 aromatic carbocycles. The molecule has 1 saturated carbocycles. The monoisotopic (exact) mass is 182 g/mol. The maximum absolute atomic E-state index is 10.6. The van der Waals surface area contributed by atoms with Gasteiger partial charge in [0.1, 0.15) is 5.56 Å². The predicted octanol–water partition coefficient (Wildman–Crippen LogP) is 0.897. The average molecular weight is 182 g/mol. The second-order valence-electron chi connectivity index (χ2n) is 3.17. The van der Waals surface area contributed by atoms with Crippen LogP contribution in [-0.4, -0.2) is 27.9 Å². The molecule has 1 heterocycles. The van der Waals surface area contributed by atoms with E-state index in [1.165, 1.54) is 19.0 Å². The number of rotatable bonds is 4. The van der Waals surface area contributed by atoms with Gasteiger partial charge in [0, 0.05) is 0 Å². The zero-order valence-electron chi connectivity index (χ0n) is 6.99. The number of carboxylic acid groups (broad SMARTS) is 1. The lowest BCUT2D eigenvalue weighted by atomic mass is 10.3. The largest absolute Gasteiger partial charge is 0.477 e. The Morgan fingerprint density at radius 1 is 1.77 bits per heavy atom. The molecule has 13 heavy (non-hydrogen) atoms. The van der Waals surface area contributed by atoms with Crippen molar-refractivity contribution in [3.63, 3.8) is 0 Å². The highest BCUT2D eigenvalue weighted by molar-refractivity contribution is 5.89. The van der Waals surface area contributed by atoms with E-state index in [4.69, 9.17) is 9.84 Å². The van der Waals surface area contributed by atoms with Crippen LogP contribution in [0.5, 0.6) is 5.88 Å². The number of ether oxygens (including phenoxy) is 1. The molecular weight excluding hydrogens is 172 g/mol. The number of aromatic nitrogens is 2. The highest BCUT2D eigenvalue weighted by Gasteiger charge is 2.23. The van der Waals surface area contributed by atoms with Gasteiger partial charge in [-0.2, -0.15) is 5.10 Å². The number of nitrogens with one attached hydrogen (secondary N) is 1. The summed E-state index contributed by atoms with van der Waals surface area (Å²) in [5.74, 6) is -0.149. The molecule has 2 rings (SSSR count). The van der Waals surface area contributed by atoms with Gasteiger partial charge in [-0.1, -0.05) is 0 Å². The third-order valence-electron chi connectivity index (χ3n) is 2.00. The highest BCUT2D eigenvalue weighted by atomic mass is 16.5. The average Bonchev–Trinajstić information content (AvgIpc) is 2.79. The number of hydrogen-bond donors (Lipinski definition) is 2. The first-order chi connectivity index (χ1) is 6.27. The van der Waals surface area contributed by atoms with Crippen molar-refractivity contribution in [2.45, 2.75) is 12.8 Å². The Hall–Kier alpha value is -1.52. The van der Waals surface area contributed by atoms with E-state index in [1.54, 1.807) is 0 Å². The van der Waals surface area contributed by atoms with Gasteiger partial charge in [-0.05, 0) is 18.8 Å². The molecule has 0 atom stereocenters. The highest BCUT2D eigenvalue weighted by Crippen LogP contribution is 2.29. The number of aromatic amines is 1. The number of hydrogen-bond acceptors (Lipinski definition) is 3. The maximum Gasteiger partial charge on any atom is 0.342 e. The number of H-pyrrole nitrogens is 1. The molecule has 0 unspecified atom stereocenters. The van der Waals surface area contributed by atoms with Gasteiger partial charge < -0.3 is 9.84 Å². The van der Waals surface area contributed by atoms with E-state index >= 15 is 0 Å². The number of aromatic carboxylic acids is 1. The summed E-state index contributed by atoms with van der Waals surface area (Å²) in [5, 5.41) is 14.8. The lowest BCUT2D eigenvalue weighted by Gasteiger charge is -2.01. The molecule has 0 radical (unpaired) electrons. The molecule has 1 fully saturated rings. The fourth-order valence-electron chi connectivity index (χ4n) is 1.02. The van der Waals surface area contributed by atoms with Gasteiger partial charge in [0.05, 0.1) is 12.8 Å². The number of nitrogens with zero attached hydrogens (tertiary/aromatic N) is 1. The summed E-state index contributed by atoms with van der Waals surface area (Å²) >= 11 is 0. The Labute approximate surface area is 74.7 Å². The topological polar surface area (TPSA) is 75.2 Å². The zero-order chi connectivity index (χ0) is 9.26. The van der Waals surface area contributed by atoms with Crippen LogP contribution < -0.4 is 4.74 Å². The van der Waals surface area contributed by atoms with E-state index in [1.807, 2.05) is 0 Å². The number of carbonyl (C=O) groups is 1. The van der Waals surface area contributed by atoms with E-state index < -0.39 is 5.97 Å². The van der Waals surface area contributed by atoms with E-state index in [-0.39, 0.29) is 11.4 Å². The minimum atomic E-state index is -1.01. The Balaban J connectivity index is 2.00. The van der Waals surface area contributed by atoms with Gasteiger partial charge in [0.2, 0.25) is 5.88 Å². The summed E-state index contributed by atoms with van der Waals surface area (Å²) in [6.45, 7) is 0.586. The van der Waals surface area contributed by atoms with Crippen LogP contribution in [0.3, 0.4) is 0 Å². The Bertz CT molecular complexity index is 317. The van der Waals surface area contributed by atoms with Crippen LogP contribution >= 0.6 is 0 Å². The van der Waals surface area contributed by atoms with Crippen molar-refractivity contribution < 1.29 is 14.6 Å². The minimum Gasteiger partial charge on any atom is -0.477 e. The van der Waals surface area contributed by atoms with Gasteiger partial charge in [-0.25, -0.2) is 9.89 Å². The van der Waals surface area contributed by atoms with Crippen LogP contribution in [0, 0.1) is 5.92 Å². The summed E-state index contributed by atoms with van der Waals surface area (Å²) in [6.07, 6.45) is 3.61. The summed E-state index contributed by atoms with van der Waals surface area (Å²) in [6, 6.07) is 0. The van der Waals surface area contributed by atoms with Gasteiger partial charge in [0.15, 0.2) is 0 Å². The second kappa shape index (κ2) is 3.08. The molecule has 5 heteroatoms. The Kier molecular flexibility index (Phi) is 1.92. The van der Waals surface area contributed by atoms with Crippen molar-refractivity contribution >= 4 is 5.97 Å². The second-order valence-corrected chi connectivity index (χ2v) is 3.17. The molecule has 1 aromatic rings. The van der Waals surface area contributed by atoms with Crippen molar-refractivity contribution in [3.8, 4) is 5.88 Å². The summed E-state index contributed by atoms with van der Waals surface area (Å²) in [5.41, 5.74) is 0.0978. The lowest BCUT2D eigenvalue weighted by molar-refractivity contribution is 0.0692. The van der Waals surface area contributed by atoms with Crippen LogP contribution in [0.25, 0.3) is 0 Å². The van der Waals surface area contributed by atoms with Crippen molar-refractivity contribution in [1.29, 1.82) is 0 Å². The van der Waals surface area contributed by atoms with E-state index in [0.29, 0.717) is 12.5 Å². The van der Waals surface area contributed by atoms with Crippen molar-refractivity contribution in [2.75, 3.05) is 6.61 Å². The zero-order valence-corrected chi connectivity index (χ0v) is 6.99. The van der Waals surface area contributed by atoms with Crippen LogP contribution in [0.15, 0.2) is 6.20 Å². The van der Waals surface area contributed by atoms with E-state index in [2.05, 4.69) is 10.2 Å². The molecule has 5 nitrogen and oxygen atoms in total. The molecule has 0 aliphatic heterocycles. The third-order valence-corrected chi connectivity index (χ3v) is 2.00. The molecule has 0 spiro atoms. The smallest absolute Gasteiger partial charge is 0.342 e. The Morgan fingerprint density at radius 2 is 2.54 bits per heavy atom. The van der Waals surface area contributed by atoms with Crippen LogP contribution in [-0.2, 0) is 0 Å². The van der Waals surface area contributed by atoms with Gasteiger partial charge in [0.25, 0.3) is 0 Å². The first-order valence-corrected chi connectivity index (χ1v) is 4.17. The van der Waals surface area contributed by atoms with Crippen molar-refractivity contribution in [2.24, 2.45) is 5.92 Å². The maximum atomic E-state index is 10.6. The SMILES string of the molecule is O=C(O)c1cn[nH]c1OCC1CC1. The quantitative estimate of drug-likeness (QED) is 0.725. The summed E-state index contributed by atoms with van der Waals surface area (Å²) < 4.78 is 5.26. The Morgan fingerprint density at radius 3 is 3.15 bits per heavy atom. The molecular formula is C8H10N2O3. The van der Waals surface area contributed by atoms with Gasteiger partial charge in [-0.15, -0.1) is 0 Å². The van der Waals surface area contributed by atoms with Gasteiger partial charge >= 0.3 is 5.97 Å². The van der Waals surface area contributed by atoms with Crippen LogP contribution in [0.2, 0.25) is 0 Å². The first kappa shape index (κ1) is 8.10. The molecule has 1 aromatic heterocycles. The molecule has 1 aliphatic carbocycles. The van der Waals surface area contributed by atoms with Crippen LogP contribution in [0.4, 0.5) is 0 Å². The lowest BCUT2D eigenvalue weighted by Crippen LogP contribution is -2.04. The molecule has 2 N–H and O–H groups in total. The van der Waals surface area contributed by atoms with Crippen molar-refractivity contribution in [1.82, 2.24) is 10.2 Å². The summed E-state index contributed by atoms with van der Waals surface area (Å²) in [7, 11) is 0. The van der Waals surface area contributed by atoms with Gasteiger partial charge in [-0.3, -0.25) is 0 Å². The molecule has 70 valence electrons. The molecule has 0 bridgehead atoms. The summed E-state index contributed by atoms with van der Waals surface area (Å²) in [4.78, 5) is 10.6. The van der Waals surface area contributed by atoms with E-state index in [0.717, 1.165) is 0 Å². The fraction of sp³-hybridized carbons (Fsp3) is 0.500. The van der Waals surface area contributed by atoms with Crippen LogP contribution in [0.1, 0.15) is 23.2 Å². The fourth-order valence-corrected chi connectivity index (χ4v) is 1.02. The van der Waals surface area contributed by atoms with Crippen molar-refractivity contribution in [3.05, 3.63) is 11.8 Å². The molecule has 0 amide bonds. The minimum absolute atomic E-state index is 0.0978. The standard InChI is InChI=1S/C8H10N2O3/c11-8(12)6-3-9-10-7(6)13-4-5-1-2-5/h3,5H,1-2,4H2,(H,9,10)(H,11,12). The first-order valence-electron chi connectivity index (χ1n) is 4.17. The third kappa shape index (κ3) is 1.80. The molecule has 1 aliphatic rings. The number of carboxylic acids is 1. The normalized spacial score (nSPS) is 15.7. The predicted molar refractivity (Wildman–Crippen MR) is 43.8 cm³/mol. The van der Waals surface area contributed by atoms with E-state index in [9.17, 15) is 4.79 Å².